The molecule has 3 aromatic rings. The number of aromatic nitrogens is 3. The molecule has 0 saturated carbocycles. The summed E-state index contributed by atoms with van der Waals surface area (Å²) in [5.74, 6) is 0.734. The van der Waals surface area contributed by atoms with Gasteiger partial charge in [0.2, 0.25) is 11.9 Å². The van der Waals surface area contributed by atoms with Crippen LogP contribution in [-0.2, 0) is 20.2 Å². The van der Waals surface area contributed by atoms with Crippen LogP contribution in [0, 0.1) is 6.92 Å². The average molecular weight is 437 g/mol. The Balaban J connectivity index is 1.79. The van der Waals surface area contributed by atoms with E-state index < -0.39 is 20.2 Å². The fourth-order valence-electron chi connectivity index (χ4n) is 2.27. The second-order valence-electron chi connectivity index (χ2n) is 5.78. The second-order valence-corrected chi connectivity index (χ2v) is 8.62. The van der Waals surface area contributed by atoms with Crippen molar-refractivity contribution in [1.82, 2.24) is 15.0 Å². The summed E-state index contributed by atoms with van der Waals surface area (Å²) in [6.45, 7) is 1.64. The van der Waals surface area contributed by atoms with Crippen LogP contribution < -0.4 is 10.6 Å². The summed E-state index contributed by atoms with van der Waals surface area (Å²) in [5, 5.41) is 5.78. The molecule has 2 aromatic carbocycles. The van der Waals surface area contributed by atoms with Crippen LogP contribution in [0.4, 0.5) is 23.3 Å². The Morgan fingerprint density at radius 2 is 1.00 bits per heavy atom. The van der Waals surface area contributed by atoms with Crippen LogP contribution in [0.2, 0.25) is 0 Å². The monoisotopic (exact) mass is 437 g/mol. The molecule has 0 unspecified atom stereocenters. The molecule has 0 radical (unpaired) electrons. The molecule has 0 saturated heterocycles. The summed E-state index contributed by atoms with van der Waals surface area (Å²) in [6, 6.07) is 10.6. The van der Waals surface area contributed by atoms with Gasteiger partial charge in [-0.05, 0) is 55.5 Å². The minimum Gasteiger partial charge on any atom is -0.324 e. The molecule has 3 rings (SSSR count). The van der Waals surface area contributed by atoms with Crippen molar-refractivity contribution in [3.05, 3.63) is 54.4 Å². The van der Waals surface area contributed by atoms with Crippen molar-refractivity contribution in [1.29, 1.82) is 0 Å². The average Bonchev–Trinajstić information content (AvgIpc) is 2.60. The lowest BCUT2D eigenvalue weighted by Crippen LogP contribution is -2.06. The molecule has 0 spiro atoms. The van der Waals surface area contributed by atoms with Crippen molar-refractivity contribution in [2.45, 2.75) is 16.7 Å². The molecule has 152 valence electrons. The molecule has 11 nitrogen and oxygen atoms in total. The van der Waals surface area contributed by atoms with Gasteiger partial charge in [0.1, 0.15) is 5.82 Å². The number of benzene rings is 2. The zero-order valence-electron chi connectivity index (χ0n) is 14.8. The third-order valence-electron chi connectivity index (χ3n) is 3.56. The largest absolute Gasteiger partial charge is 0.324 e. The topological polar surface area (TPSA) is 171 Å². The highest BCUT2D eigenvalue weighted by atomic mass is 32.2. The van der Waals surface area contributed by atoms with E-state index in [2.05, 4.69) is 25.6 Å². The van der Waals surface area contributed by atoms with E-state index in [0.29, 0.717) is 17.2 Å². The van der Waals surface area contributed by atoms with E-state index in [1.165, 1.54) is 48.5 Å². The van der Waals surface area contributed by atoms with E-state index >= 15 is 0 Å². The van der Waals surface area contributed by atoms with Crippen LogP contribution in [0.25, 0.3) is 0 Å². The molecule has 1 aromatic heterocycles. The van der Waals surface area contributed by atoms with E-state index in [9.17, 15) is 16.8 Å². The van der Waals surface area contributed by atoms with Crippen LogP contribution in [-0.4, -0.2) is 40.9 Å². The molecule has 0 aliphatic carbocycles. The minimum absolute atomic E-state index is 0.175. The van der Waals surface area contributed by atoms with Crippen LogP contribution in [0.3, 0.4) is 0 Å². The number of anilines is 4. The van der Waals surface area contributed by atoms with Crippen molar-refractivity contribution >= 4 is 43.5 Å². The number of aryl methyl sites for hydroxylation is 1. The lowest BCUT2D eigenvalue weighted by Gasteiger charge is -2.09. The Morgan fingerprint density at radius 1 is 0.655 bits per heavy atom. The standard InChI is InChI=1S/C16H15N5O6S2/c1-10-17-15(19-11-2-6-13(7-3-11)28(22,23)24)21-16(18-10)20-12-4-8-14(9-5-12)29(25,26)27/h2-9H,1H3,(H,22,23,24)(H,25,26,27)(H2,17,18,19,20,21). The lowest BCUT2D eigenvalue weighted by molar-refractivity contribution is 0.481. The first-order chi connectivity index (χ1) is 13.5. The van der Waals surface area contributed by atoms with Gasteiger partial charge in [-0.2, -0.15) is 31.8 Å². The van der Waals surface area contributed by atoms with Crippen LogP contribution in [0.15, 0.2) is 58.3 Å². The van der Waals surface area contributed by atoms with Crippen molar-refractivity contribution in [3.8, 4) is 0 Å². The van der Waals surface area contributed by atoms with Gasteiger partial charge < -0.3 is 10.6 Å². The zero-order chi connectivity index (χ0) is 21.2. The minimum atomic E-state index is -4.29. The third-order valence-corrected chi connectivity index (χ3v) is 5.30. The highest BCUT2D eigenvalue weighted by molar-refractivity contribution is 7.86. The van der Waals surface area contributed by atoms with Crippen molar-refractivity contribution in [2.75, 3.05) is 10.6 Å². The summed E-state index contributed by atoms with van der Waals surface area (Å²) in [7, 11) is -8.57. The number of hydrogen-bond donors (Lipinski definition) is 4. The first kappa shape index (κ1) is 20.6. The van der Waals surface area contributed by atoms with Crippen LogP contribution in [0.1, 0.15) is 5.82 Å². The molecule has 0 amide bonds. The van der Waals surface area contributed by atoms with Crippen LogP contribution in [0.5, 0.6) is 0 Å². The fraction of sp³-hybridized carbons (Fsp3) is 0.0625. The van der Waals surface area contributed by atoms with E-state index in [4.69, 9.17) is 9.11 Å². The highest BCUT2D eigenvalue weighted by Gasteiger charge is 2.11. The molecule has 0 fully saturated rings. The summed E-state index contributed by atoms with van der Waals surface area (Å²) >= 11 is 0. The molecular weight excluding hydrogens is 422 g/mol. The van der Waals surface area contributed by atoms with Gasteiger partial charge in [-0.1, -0.05) is 0 Å². The molecule has 1 heterocycles. The van der Waals surface area contributed by atoms with Gasteiger partial charge in [0.15, 0.2) is 0 Å². The Labute approximate surface area is 166 Å². The molecule has 4 N–H and O–H groups in total. The SMILES string of the molecule is Cc1nc(Nc2ccc(S(=O)(=O)O)cc2)nc(Nc2ccc(S(=O)(=O)O)cc2)n1. The quantitative estimate of drug-likeness (QED) is 0.416. The van der Waals surface area contributed by atoms with E-state index in [1.807, 2.05) is 0 Å². The third kappa shape index (κ3) is 5.45. The summed E-state index contributed by atoms with van der Waals surface area (Å²) in [5.41, 5.74) is 0.956. The Morgan fingerprint density at radius 3 is 1.31 bits per heavy atom. The molecule has 0 aliphatic rings. The van der Waals surface area contributed by atoms with Gasteiger partial charge in [-0.25, -0.2) is 0 Å². The summed E-state index contributed by atoms with van der Waals surface area (Å²) < 4.78 is 62.4. The predicted molar refractivity (Wildman–Crippen MR) is 104 cm³/mol. The predicted octanol–water partition coefficient (Wildman–Crippen LogP) is 2.16. The zero-order valence-corrected chi connectivity index (χ0v) is 16.4. The Kier molecular flexibility index (Phi) is 5.48. The maximum atomic E-state index is 11.1. The molecule has 13 heteroatoms. The normalized spacial score (nSPS) is 11.8. The first-order valence-corrected chi connectivity index (χ1v) is 10.8. The molecular formula is C16H15N5O6S2. The van der Waals surface area contributed by atoms with Gasteiger partial charge in [0, 0.05) is 11.4 Å². The Hall–Kier alpha value is -3.13. The maximum Gasteiger partial charge on any atom is 0.294 e. The van der Waals surface area contributed by atoms with E-state index in [1.54, 1.807) is 6.92 Å². The van der Waals surface area contributed by atoms with E-state index in [0.717, 1.165) is 0 Å². The smallest absolute Gasteiger partial charge is 0.294 e. The fourth-order valence-corrected chi connectivity index (χ4v) is 3.23. The van der Waals surface area contributed by atoms with Gasteiger partial charge in [-0.3, -0.25) is 9.11 Å². The number of rotatable bonds is 6. The number of hydrogen-bond acceptors (Lipinski definition) is 9. The van der Waals surface area contributed by atoms with Crippen LogP contribution >= 0.6 is 0 Å². The summed E-state index contributed by atoms with van der Waals surface area (Å²) in [6.07, 6.45) is 0. The van der Waals surface area contributed by atoms with E-state index in [-0.39, 0.29) is 21.7 Å². The van der Waals surface area contributed by atoms with Crippen molar-refractivity contribution in [2.24, 2.45) is 0 Å². The molecule has 0 aliphatic heterocycles. The number of nitrogens with zero attached hydrogens (tertiary/aromatic N) is 3. The highest BCUT2D eigenvalue weighted by Crippen LogP contribution is 2.20. The van der Waals surface area contributed by atoms with Crippen molar-refractivity contribution < 1.29 is 25.9 Å². The number of nitrogens with one attached hydrogen (secondary N) is 2. The molecule has 29 heavy (non-hydrogen) atoms. The lowest BCUT2D eigenvalue weighted by atomic mass is 10.3. The first-order valence-electron chi connectivity index (χ1n) is 7.92. The molecule has 0 bridgehead atoms. The van der Waals surface area contributed by atoms with Gasteiger partial charge in [-0.15, -0.1) is 0 Å². The second kappa shape index (κ2) is 7.71. The summed E-state index contributed by atoms with van der Waals surface area (Å²) in [4.78, 5) is 12.0. The molecule has 0 atom stereocenters. The maximum absolute atomic E-state index is 11.1. The Bertz CT molecular complexity index is 1150. The van der Waals surface area contributed by atoms with Gasteiger partial charge in [0.25, 0.3) is 20.2 Å². The van der Waals surface area contributed by atoms with Gasteiger partial charge >= 0.3 is 0 Å². The van der Waals surface area contributed by atoms with Gasteiger partial charge in [0.05, 0.1) is 9.79 Å². The van der Waals surface area contributed by atoms with Crippen molar-refractivity contribution in [3.63, 3.8) is 0 Å².